The summed E-state index contributed by atoms with van der Waals surface area (Å²) < 4.78 is 4.98. The zero-order valence-corrected chi connectivity index (χ0v) is 15.0. The molecule has 0 saturated carbocycles. The van der Waals surface area contributed by atoms with Crippen LogP contribution < -0.4 is 5.32 Å². The minimum atomic E-state index is -0.377. The third-order valence-electron chi connectivity index (χ3n) is 4.37. The molecule has 3 heterocycles. The molecule has 2 aromatic rings. The molecule has 0 spiro atoms. The number of amides is 1. The van der Waals surface area contributed by atoms with Crippen LogP contribution in [0.5, 0.6) is 0 Å². The van der Waals surface area contributed by atoms with Crippen molar-refractivity contribution < 1.29 is 14.4 Å². The molecule has 25 heavy (non-hydrogen) atoms. The van der Waals surface area contributed by atoms with E-state index in [2.05, 4.69) is 42.1 Å². The van der Waals surface area contributed by atoms with Crippen LogP contribution in [0.25, 0.3) is 0 Å². The topological polar surface area (TPSA) is 94.7 Å². The molecule has 3 rings (SSSR count). The maximum atomic E-state index is 11.5. The van der Waals surface area contributed by atoms with Gasteiger partial charge in [0.2, 0.25) is 0 Å². The molecule has 0 unspecified atom stereocenters. The van der Waals surface area contributed by atoms with Crippen LogP contribution in [0.3, 0.4) is 0 Å². The second-order valence-electron chi connectivity index (χ2n) is 6.10. The van der Waals surface area contributed by atoms with E-state index in [1.807, 2.05) is 0 Å². The van der Waals surface area contributed by atoms with E-state index in [-0.39, 0.29) is 24.4 Å². The highest BCUT2D eigenvalue weighted by atomic mass is 32.1. The van der Waals surface area contributed by atoms with Crippen LogP contribution in [0.2, 0.25) is 0 Å². The summed E-state index contributed by atoms with van der Waals surface area (Å²) in [6, 6.07) is 2.43. The predicted octanol–water partition coefficient (Wildman–Crippen LogP) is 0.559. The third-order valence-corrected chi connectivity index (χ3v) is 5.10. The summed E-state index contributed by atoms with van der Waals surface area (Å²) in [5, 5.41) is 20.0. The molecular weight excluding hydrogens is 342 g/mol. The molecule has 2 aromatic heterocycles. The quantitative estimate of drug-likeness (QED) is 0.740. The summed E-state index contributed by atoms with van der Waals surface area (Å²) in [6.07, 6.45) is 0.733. The highest BCUT2D eigenvalue weighted by Crippen LogP contribution is 2.19. The fourth-order valence-corrected chi connectivity index (χ4v) is 3.73. The van der Waals surface area contributed by atoms with Gasteiger partial charge in [0.15, 0.2) is 5.82 Å². The van der Waals surface area contributed by atoms with Gasteiger partial charge >= 0.3 is 11.8 Å². The SMILES string of the molecule is CNC(=O)c1nc(CN2CCN(Cc3ccsc3)[C@@H](CCO)C2)no1. The van der Waals surface area contributed by atoms with Crippen LogP contribution in [0, 0.1) is 0 Å². The van der Waals surface area contributed by atoms with Gasteiger partial charge in [0, 0.05) is 45.9 Å². The second kappa shape index (κ2) is 8.52. The molecule has 1 fully saturated rings. The molecule has 1 aliphatic heterocycles. The van der Waals surface area contributed by atoms with Crippen molar-refractivity contribution in [1.82, 2.24) is 25.3 Å². The summed E-state index contributed by atoms with van der Waals surface area (Å²) in [5.41, 5.74) is 1.31. The Morgan fingerprint density at radius 3 is 3.08 bits per heavy atom. The number of rotatable bonds is 7. The van der Waals surface area contributed by atoms with Gasteiger partial charge in [-0.3, -0.25) is 14.6 Å². The molecule has 1 atom stereocenters. The average molecular weight is 365 g/mol. The van der Waals surface area contributed by atoms with E-state index in [9.17, 15) is 9.90 Å². The molecule has 9 heteroatoms. The molecule has 1 amide bonds. The lowest BCUT2D eigenvalue weighted by atomic mass is 10.1. The van der Waals surface area contributed by atoms with Crippen molar-refractivity contribution in [2.24, 2.45) is 0 Å². The summed E-state index contributed by atoms with van der Waals surface area (Å²) in [5.74, 6) is 0.116. The molecule has 0 aliphatic carbocycles. The Kier molecular flexibility index (Phi) is 6.14. The highest BCUT2D eigenvalue weighted by molar-refractivity contribution is 7.07. The van der Waals surface area contributed by atoms with Crippen molar-refractivity contribution in [3.05, 3.63) is 34.1 Å². The van der Waals surface area contributed by atoms with Gasteiger partial charge in [0.1, 0.15) is 0 Å². The molecule has 1 aliphatic rings. The minimum Gasteiger partial charge on any atom is -0.396 e. The summed E-state index contributed by atoms with van der Waals surface area (Å²) in [4.78, 5) is 20.3. The lowest BCUT2D eigenvalue weighted by molar-refractivity contribution is 0.0485. The highest BCUT2D eigenvalue weighted by Gasteiger charge is 2.27. The Hall–Kier alpha value is -1.81. The third kappa shape index (κ3) is 4.63. The van der Waals surface area contributed by atoms with Gasteiger partial charge in [-0.1, -0.05) is 5.16 Å². The Morgan fingerprint density at radius 1 is 1.48 bits per heavy atom. The number of aliphatic hydroxyl groups excluding tert-OH is 1. The monoisotopic (exact) mass is 365 g/mol. The number of aliphatic hydroxyl groups is 1. The first kappa shape index (κ1) is 18.0. The van der Waals surface area contributed by atoms with Crippen molar-refractivity contribution in [3.8, 4) is 0 Å². The summed E-state index contributed by atoms with van der Waals surface area (Å²) >= 11 is 1.71. The maximum Gasteiger partial charge on any atom is 0.315 e. The van der Waals surface area contributed by atoms with Gasteiger partial charge in [-0.15, -0.1) is 0 Å². The Bertz CT molecular complexity index is 675. The van der Waals surface area contributed by atoms with E-state index in [1.165, 1.54) is 12.6 Å². The van der Waals surface area contributed by atoms with Crippen molar-refractivity contribution in [1.29, 1.82) is 0 Å². The van der Waals surface area contributed by atoms with Crippen molar-refractivity contribution in [3.63, 3.8) is 0 Å². The van der Waals surface area contributed by atoms with Crippen molar-refractivity contribution in [2.75, 3.05) is 33.3 Å². The number of nitrogens with one attached hydrogen (secondary N) is 1. The first-order valence-corrected chi connectivity index (χ1v) is 9.27. The molecule has 136 valence electrons. The number of carbonyl (C=O) groups is 1. The second-order valence-corrected chi connectivity index (χ2v) is 6.88. The van der Waals surface area contributed by atoms with Gasteiger partial charge < -0.3 is 14.9 Å². The fourth-order valence-electron chi connectivity index (χ4n) is 3.07. The molecule has 2 N–H and O–H groups in total. The van der Waals surface area contributed by atoms with Crippen LogP contribution in [0.4, 0.5) is 0 Å². The Morgan fingerprint density at radius 2 is 2.36 bits per heavy atom. The van der Waals surface area contributed by atoms with E-state index in [4.69, 9.17) is 4.52 Å². The number of carbonyl (C=O) groups excluding carboxylic acids is 1. The van der Waals surface area contributed by atoms with Gasteiger partial charge in [-0.25, -0.2) is 0 Å². The first-order valence-electron chi connectivity index (χ1n) is 8.32. The lowest BCUT2D eigenvalue weighted by Crippen LogP contribution is -2.52. The van der Waals surface area contributed by atoms with E-state index in [1.54, 1.807) is 11.3 Å². The molecular formula is C16H23N5O3S. The number of hydrogen-bond donors (Lipinski definition) is 2. The van der Waals surface area contributed by atoms with E-state index < -0.39 is 0 Å². The van der Waals surface area contributed by atoms with Crippen LogP contribution in [0.1, 0.15) is 28.5 Å². The zero-order valence-electron chi connectivity index (χ0n) is 14.2. The zero-order chi connectivity index (χ0) is 17.6. The molecule has 1 saturated heterocycles. The molecule has 0 radical (unpaired) electrons. The average Bonchev–Trinajstić information content (AvgIpc) is 3.29. The van der Waals surface area contributed by atoms with Crippen LogP contribution in [-0.2, 0) is 13.1 Å². The van der Waals surface area contributed by atoms with Crippen molar-refractivity contribution >= 4 is 17.2 Å². The summed E-state index contributed by atoms with van der Waals surface area (Å²) in [6.45, 7) is 4.24. The number of aromatic nitrogens is 2. The standard InChI is InChI=1S/C16H23N5O3S/c1-17-15(23)16-18-14(19-24-16)10-20-4-5-21(13(9-20)2-6-22)8-12-3-7-25-11-12/h3,7,11,13,22H,2,4-6,8-10H2,1H3,(H,17,23)/t13-/m0/s1. The van der Waals surface area contributed by atoms with Crippen LogP contribution >= 0.6 is 11.3 Å². The van der Waals surface area contributed by atoms with Crippen LogP contribution in [-0.4, -0.2) is 70.3 Å². The van der Waals surface area contributed by atoms with Gasteiger partial charge in [0.05, 0.1) is 6.54 Å². The number of nitrogens with zero attached hydrogens (tertiary/aromatic N) is 4. The van der Waals surface area contributed by atoms with E-state index >= 15 is 0 Å². The predicted molar refractivity (Wildman–Crippen MR) is 93.2 cm³/mol. The van der Waals surface area contributed by atoms with Crippen molar-refractivity contribution in [2.45, 2.75) is 25.6 Å². The van der Waals surface area contributed by atoms with Crippen LogP contribution in [0.15, 0.2) is 21.3 Å². The molecule has 0 bridgehead atoms. The lowest BCUT2D eigenvalue weighted by Gasteiger charge is -2.41. The number of thiophene rings is 1. The molecule has 0 aromatic carbocycles. The number of hydrogen-bond acceptors (Lipinski definition) is 8. The molecule has 8 nitrogen and oxygen atoms in total. The minimum absolute atomic E-state index is 0.0134. The Balaban J connectivity index is 1.59. The van der Waals surface area contributed by atoms with E-state index in [0.717, 1.165) is 32.6 Å². The number of piperazine rings is 1. The summed E-state index contributed by atoms with van der Waals surface area (Å²) in [7, 11) is 1.53. The Labute approximate surface area is 150 Å². The van der Waals surface area contributed by atoms with E-state index in [0.29, 0.717) is 12.4 Å². The van der Waals surface area contributed by atoms with Gasteiger partial charge in [-0.05, 0) is 28.8 Å². The first-order chi connectivity index (χ1) is 12.2. The largest absolute Gasteiger partial charge is 0.396 e. The normalized spacial score (nSPS) is 19.2. The van der Waals surface area contributed by atoms with Gasteiger partial charge in [0.25, 0.3) is 0 Å². The fraction of sp³-hybridized carbons (Fsp3) is 0.562. The van der Waals surface area contributed by atoms with Gasteiger partial charge in [-0.2, -0.15) is 16.3 Å². The maximum absolute atomic E-state index is 11.5. The smallest absolute Gasteiger partial charge is 0.315 e.